The zero-order valence-electron chi connectivity index (χ0n) is 23.9. The molecule has 0 radical (unpaired) electrons. The van der Waals surface area contributed by atoms with Gasteiger partial charge in [-0.1, -0.05) is 109 Å². The molecule has 1 heterocycles. The lowest BCUT2D eigenvalue weighted by atomic mass is 9.78. The molecule has 0 saturated carbocycles. The first-order valence-corrected chi connectivity index (χ1v) is 14.5. The van der Waals surface area contributed by atoms with Crippen molar-refractivity contribution >= 4 is 66.4 Å². The topological polar surface area (TPSA) is 18.5 Å². The predicted octanol–water partition coefficient (Wildman–Crippen LogP) is 9.42. The molecule has 41 heavy (non-hydrogen) atoms. The average Bonchev–Trinajstić information content (AvgIpc) is 3.23. The Bertz CT molecular complexity index is 2140. The lowest BCUT2D eigenvalue weighted by molar-refractivity contribution is 0.00578. The van der Waals surface area contributed by atoms with E-state index >= 15 is 0 Å². The molecule has 7 aromatic rings. The molecule has 3 heteroatoms. The molecule has 0 N–H and O–H groups in total. The summed E-state index contributed by atoms with van der Waals surface area (Å²) in [6.07, 6.45) is 0. The molecule has 1 saturated heterocycles. The summed E-state index contributed by atoms with van der Waals surface area (Å²) < 4.78 is 12.8. The molecule has 2 nitrogen and oxygen atoms in total. The Balaban J connectivity index is 1.43. The second-order valence-corrected chi connectivity index (χ2v) is 12.4. The first-order chi connectivity index (χ1) is 19.8. The van der Waals surface area contributed by atoms with Crippen molar-refractivity contribution in [1.29, 1.82) is 0 Å². The Labute approximate surface area is 240 Å². The molecule has 1 aliphatic rings. The third kappa shape index (κ3) is 3.59. The lowest BCUT2D eigenvalue weighted by Crippen LogP contribution is -2.41. The van der Waals surface area contributed by atoms with Gasteiger partial charge in [-0.3, -0.25) is 0 Å². The fraction of sp³-hybridized carbons (Fsp3) is 0.158. The van der Waals surface area contributed by atoms with Crippen molar-refractivity contribution in [2.75, 3.05) is 0 Å². The van der Waals surface area contributed by atoms with Crippen LogP contribution in [0.5, 0.6) is 0 Å². The van der Waals surface area contributed by atoms with Crippen LogP contribution in [-0.2, 0) is 9.31 Å². The van der Waals surface area contributed by atoms with E-state index in [9.17, 15) is 0 Å². The first-order valence-electron chi connectivity index (χ1n) is 14.5. The van der Waals surface area contributed by atoms with E-state index in [1.54, 1.807) is 0 Å². The van der Waals surface area contributed by atoms with Crippen molar-refractivity contribution in [3.8, 4) is 11.1 Å². The Morgan fingerprint density at radius 2 is 0.854 bits per heavy atom. The zero-order valence-corrected chi connectivity index (χ0v) is 23.9. The van der Waals surface area contributed by atoms with Gasteiger partial charge in [0.25, 0.3) is 0 Å². The van der Waals surface area contributed by atoms with Crippen LogP contribution in [0.25, 0.3) is 65.0 Å². The molecule has 0 bridgehead atoms. The Morgan fingerprint density at radius 3 is 1.39 bits per heavy atom. The number of fused-ring (bicyclic) bond motifs is 11. The van der Waals surface area contributed by atoms with Gasteiger partial charge in [-0.25, -0.2) is 0 Å². The Kier molecular flexibility index (Phi) is 5.20. The highest BCUT2D eigenvalue weighted by molar-refractivity contribution is 6.62. The zero-order chi connectivity index (χ0) is 27.9. The molecule has 8 rings (SSSR count). The summed E-state index contributed by atoms with van der Waals surface area (Å²) in [6, 6.07) is 42.1. The van der Waals surface area contributed by atoms with E-state index in [-0.39, 0.29) is 18.3 Å². The molecule has 0 aromatic heterocycles. The molecule has 0 aliphatic carbocycles. The van der Waals surface area contributed by atoms with E-state index in [0.29, 0.717) is 0 Å². The van der Waals surface area contributed by atoms with Crippen molar-refractivity contribution in [3.63, 3.8) is 0 Å². The Morgan fingerprint density at radius 1 is 0.415 bits per heavy atom. The van der Waals surface area contributed by atoms with Crippen LogP contribution in [-0.4, -0.2) is 18.3 Å². The van der Waals surface area contributed by atoms with E-state index in [1.165, 1.54) is 59.4 Å². The van der Waals surface area contributed by atoms with Gasteiger partial charge >= 0.3 is 7.12 Å². The summed E-state index contributed by atoms with van der Waals surface area (Å²) in [5.74, 6) is 0. The van der Waals surface area contributed by atoms with Gasteiger partial charge in [0.2, 0.25) is 0 Å². The molecule has 0 spiro atoms. The standard InChI is InChI=1S/C38H31BO2/c1-37(2)38(3,4)41-39(40-37)26-13-11-12-24(22-26)25-20-21-30-29-16-7-9-18-32(29)35-31-17-8-5-14-27(31)28-15-6-10-19-33(28)36(35)34(30)23-25/h5-23H,1-4H3. The third-order valence-corrected chi connectivity index (χ3v) is 9.45. The van der Waals surface area contributed by atoms with Gasteiger partial charge in [-0.2, -0.15) is 0 Å². The summed E-state index contributed by atoms with van der Waals surface area (Å²) in [4.78, 5) is 0. The van der Waals surface area contributed by atoms with Gasteiger partial charge < -0.3 is 9.31 Å². The lowest BCUT2D eigenvalue weighted by Gasteiger charge is -2.32. The third-order valence-electron chi connectivity index (χ3n) is 9.45. The minimum Gasteiger partial charge on any atom is -0.399 e. The normalized spacial score (nSPS) is 16.4. The van der Waals surface area contributed by atoms with Crippen molar-refractivity contribution in [2.45, 2.75) is 38.9 Å². The number of rotatable bonds is 2. The highest BCUT2D eigenvalue weighted by Crippen LogP contribution is 2.44. The first kappa shape index (κ1) is 24.6. The molecule has 0 unspecified atom stereocenters. The number of hydrogen-bond acceptors (Lipinski definition) is 2. The molecule has 0 atom stereocenters. The highest BCUT2D eigenvalue weighted by atomic mass is 16.7. The van der Waals surface area contributed by atoms with Crippen LogP contribution in [0.2, 0.25) is 0 Å². The second-order valence-electron chi connectivity index (χ2n) is 12.4. The molecule has 1 fully saturated rings. The van der Waals surface area contributed by atoms with Crippen molar-refractivity contribution in [2.24, 2.45) is 0 Å². The number of hydrogen-bond donors (Lipinski definition) is 0. The molecule has 1 aliphatic heterocycles. The average molecular weight is 530 g/mol. The largest absolute Gasteiger partial charge is 0.494 e. The van der Waals surface area contributed by atoms with E-state index in [1.807, 2.05) is 0 Å². The summed E-state index contributed by atoms with van der Waals surface area (Å²) in [7, 11) is -0.388. The van der Waals surface area contributed by atoms with Crippen LogP contribution in [0, 0.1) is 0 Å². The summed E-state index contributed by atoms with van der Waals surface area (Å²) >= 11 is 0. The van der Waals surface area contributed by atoms with Gasteiger partial charge in [-0.05, 0) is 104 Å². The molecule has 7 aromatic carbocycles. The molecular weight excluding hydrogens is 499 g/mol. The maximum Gasteiger partial charge on any atom is 0.494 e. The monoisotopic (exact) mass is 530 g/mol. The van der Waals surface area contributed by atoms with Gasteiger partial charge in [0.1, 0.15) is 0 Å². The van der Waals surface area contributed by atoms with E-state index in [2.05, 4.69) is 143 Å². The van der Waals surface area contributed by atoms with Gasteiger partial charge in [-0.15, -0.1) is 0 Å². The van der Waals surface area contributed by atoms with Gasteiger partial charge in [0.15, 0.2) is 0 Å². The maximum atomic E-state index is 6.38. The van der Waals surface area contributed by atoms with E-state index in [4.69, 9.17) is 9.31 Å². The van der Waals surface area contributed by atoms with Crippen LogP contribution < -0.4 is 5.46 Å². The minimum absolute atomic E-state index is 0.375. The van der Waals surface area contributed by atoms with E-state index < -0.39 is 0 Å². The second kappa shape index (κ2) is 8.66. The van der Waals surface area contributed by atoms with Crippen LogP contribution in [0.4, 0.5) is 0 Å². The van der Waals surface area contributed by atoms with Crippen LogP contribution in [0.15, 0.2) is 115 Å². The van der Waals surface area contributed by atoms with E-state index in [0.717, 1.165) is 11.0 Å². The SMILES string of the molecule is CC1(C)OB(c2cccc(-c3ccc4c5ccccc5c5c6ccccc6c6ccccc6c5c4c3)c2)OC1(C)C. The van der Waals surface area contributed by atoms with Crippen molar-refractivity contribution in [3.05, 3.63) is 115 Å². The summed E-state index contributed by atoms with van der Waals surface area (Å²) in [5.41, 5.74) is 2.64. The summed E-state index contributed by atoms with van der Waals surface area (Å²) in [5, 5.41) is 13.0. The van der Waals surface area contributed by atoms with Gasteiger partial charge in [0, 0.05) is 0 Å². The fourth-order valence-electron chi connectivity index (χ4n) is 6.65. The smallest absolute Gasteiger partial charge is 0.399 e. The predicted molar refractivity (Wildman–Crippen MR) is 175 cm³/mol. The van der Waals surface area contributed by atoms with Crippen molar-refractivity contribution < 1.29 is 9.31 Å². The van der Waals surface area contributed by atoms with Crippen molar-refractivity contribution in [1.82, 2.24) is 0 Å². The van der Waals surface area contributed by atoms with Gasteiger partial charge in [0.05, 0.1) is 11.2 Å². The maximum absolute atomic E-state index is 6.38. The number of benzene rings is 7. The fourth-order valence-corrected chi connectivity index (χ4v) is 6.65. The molecule has 198 valence electrons. The van der Waals surface area contributed by atoms with Crippen LogP contribution >= 0.6 is 0 Å². The highest BCUT2D eigenvalue weighted by Gasteiger charge is 2.51. The molecule has 0 amide bonds. The minimum atomic E-state index is -0.388. The quantitative estimate of drug-likeness (QED) is 0.164. The van der Waals surface area contributed by atoms with Crippen LogP contribution in [0.1, 0.15) is 27.7 Å². The summed E-state index contributed by atoms with van der Waals surface area (Å²) in [6.45, 7) is 8.40. The Hall–Kier alpha value is -4.18. The molecular formula is C38H31BO2. The van der Waals surface area contributed by atoms with Crippen LogP contribution in [0.3, 0.4) is 0 Å².